The van der Waals surface area contributed by atoms with Gasteiger partial charge in [0.25, 0.3) is 0 Å². The van der Waals surface area contributed by atoms with E-state index in [2.05, 4.69) is 46.3 Å². The quantitative estimate of drug-likeness (QED) is 0.757. The van der Waals surface area contributed by atoms with Crippen LogP contribution in [-0.4, -0.2) is 47.6 Å². The van der Waals surface area contributed by atoms with E-state index < -0.39 is 5.82 Å². The van der Waals surface area contributed by atoms with Crippen LogP contribution in [0.4, 0.5) is 16.2 Å². The molecule has 0 aliphatic heterocycles. The van der Waals surface area contributed by atoms with E-state index in [1.54, 1.807) is 0 Å². The van der Waals surface area contributed by atoms with Crippen molar-refractivity contribution in [1.82, 2.24) is 14.9 Å². The zero-order valence-corrected chi connectivity index (χ0v) is 12.2. The Morgan fingerprint density at radius 3 is 2.68 bits per heavy atom. The van der Waals surface area contributed by atoms with Crippen LogP contribution in [0.1, 0.15) is 27.2 Å². The first-order valence-electron chi connectivity index (χ1n) is 6.75. The highest BCUT2D eigenvalue weighted by atomic mass is 19.1. The summed E-state index contributed by atoms with van der Waals surface area (Å²) < 4.78 is 13.5. The van der Waals surface area contributed by atoms with Gasteiger partial charge in [-0.25, -0.2) is 9.37 Å². The highest BCUT2D eigenvalue weighted by molar-refractivity contribution is 5.40. The number of nitrogens with one attached hydrogen (secondary N) is 2. The average molecular weight is 269 g/mol. The number of halogens is 1. The maximum absolute atomic E-state index is 13.5. The average Bonchev–Trinajstić information content (AvgIpc) is 2.39. The molecule has 0 spiro atoms. The van der Waals surface area contributed by atoms with Gasteiger partial charge < -0.3 is 15.5 Å². The van der Waals surface area contributed by atoms with Crippen LogP contribution in [0.3, 0.4) is 0 Å². The summed E-state index contributed by atoms with van der Waals surface area (Å²) in [5, 5.41) is 6.05. The van der Waals surface area contributed by atoms with Gasteiger partial charge in [0.05, 0.1) is 6.20 Å². The summed E-state index contributed by atoms with van der Waals surface area (Å²) in [7, 11) is 2.04. The van der Waals surface area contributed by atoms with Crippen molar-refractivity contribution in [3.8, 4) is 0 Å². The molecular formula is C13H24FN5. The molecule has 0 radical (unpaired) electrons. The Hall–Kier alpha value is -1.43. The van der Waals surface area contributed by atoms with Gasteiger partial charge in [-0.3, -0.25) is 0 Å². The smallest absolute Gasteiger partial charge is 0.224 e. The van der Waals surface area contributed by atoms with Gasteiger partial charge in [0, 0.05) is 25.7 Å². The number of likely N-dealkylation sites (N-methyl/N-ethyl adjacent to an activating group) is 1. The van der Waals surface area contributed by atoms with E-state index in [1.807, 2.05) is 7.05 Å². The molecule has 1 aromatic rings. The molecule has 0 unspecified atom stereocenters. The van der Waals surface area contributed by atoms with E-state index in [0.717, 1.165) is 19.5 Å². The molecule has 19 heavy (non-hydrogen) atoms. The van der Waals surface area contributed by atoms with Crippen LogP contribution in [0.15, 0.2) is 6.20 Å². The molecule has 0 saturated carbocycles. The molecule has 0 atom stereocenters. The number of hydrogen-bond donors (Lipinski definition) is 2. The summed E-state index contributed by atoms with van der Waals surface area (Å²) in [5.74, 6) is 0.294. The second kappa shape index (κ2) is 7.89. The lowest BCUT2D eigenvalue weighted by atomic mass is 10.3. The molecule has 0 aliphatic carbocycles. The predicted molar refractivity (Wildman–Crippen MR) is 77.0 cm³/mol. The number of aromatic nitrogens is 2. The third-order valence-electron chi connectivity index (χ3n) is 2.92. The topological polar surface area (TPSA) is 53.1 Å². The van der Waals surface area contributed by atoms with Crippen molar-refractivity contribution >= 4 is 11.8 Å². The molecular weight excluding hydrogens is 245 g/mol. The minimum atomic E-state index is -0.422. The first-order chi connectivity index (χ1) is 9.04. The van der Waals surface area contributed by atoms with Crippen molar-refractivity contribution in [2.75, 3.05) is 37.3 Å². The van der Waals surface area contributed by atoms with Gasteiger partial charge in [0.15, 0.2) is 11.6 Å². The fraction of sp³-hybridized carbons (Fsp3) is 0.692. The molecule has 1 aromatic heterocycles. The summed E-state index contributed by atoms with van der Waals surface area (Å²) in [6, 6.07) is 0.471. The van der Waals surface area contributed by atoms with Crippen LogP contribution in [0.25, 0.3) is 0 Å². The summed E-state index contributed by atoms with van der Waals surface area (Å²) >= 11 is 0. The van der Waals surface area contributed by atoms with E-state index in [1.165, 1.54) is 6.20 Å². The predicted octanol–water partition coefficient (Wildman–Crippen LogP) is 2.19. The lowest BCUT2D eigenvalue weighted by Gasteiger charge is -2.21. The van der Waals surface area contributed by atoms with Crippen molar-refractivity contribution in [3.63, 3.8) is 0 Å². The van der Waals surface area contributed by atoms with Crippen molar-refractivity contribution in [2.45, 2.75) is 33.2 Å². The fourth-order valence-electron chi connectivity index (χ4n) is 1.42. The number of rotatable bonds is 8. The minimum Gasteiger partial charge on any atom is -0.366 e. The Kier molecular flexibility index (Phi) is 6.49. The summed E-state index contributed by atoms with van der Waals surface area (Å²) in [6.45, 7) is 8.56. The molecule has 0 bridgehead atoms. The van der Waals surface area contributed by atoms with Crippen molar-refractivity contribution in [2.24, 2.45) is 0 Å². The number of anilines is 2. The normalized spacial score (nSPS) is 11.1. The van der Waals surface area contributed by atoms with Gasteiger partial charge in [0.2, 0.25) is 5.95 Å². The molecule has 2 N–H and O–H groups in total. The molecule has 0 fully saturated rings. The van der Waals surface area contributed by atoms with E-state index in [9.17, 15) is 4.39 Å². The van der Waals surface area contributed by atoms with E-state index in [-0.39, 0.29) is 5.82 Å². The van der Waals surface area contributed by atoms with Crippen LogP contribution in [0, 0.1) is 5.82 Å². The standard InChI is InChI=1S/C13H24FN5/c1-5-6-16-13-17-9-11(14)12(18-13)15-7-8-19(4)10(2)3/h9-10H,5-8H2,1-4H3,(H2,15,16,17,18). The molecule has 1 heterocycles. The van der Waals surface area contributed by atoms with Gasteiger partial charge in [-0.05, 0) is 27.3 Å². The first-order valence-corrected chi connectivity index (χ1v) is 6.75. The summed E-state index contributed by atoms with van der Waals surface area (Å²) in [4.78, 5) is 10.2. The Bertz CT molecular complexity index is 383. The SMILES string of the molecule is CCCNc1ncc(F)c(NCCN(C)C(C)C)n1. The number of nitrogens with zero attached hydrogens (tertiary/aromatic N) is 3. The largest absolute Gasteiger partial charge is 0.366 e. The van der Waals surface area contributed by atoms with Gasteiger partial charge in [-0.15, -0.1) is 0 Å². The number of hydrogen-bond acceptors (Lipinski definition) is 5. The van der Waals surface area contributed by atoms with Crippen molar-refractivity contribution < 1.29 is 4.39 Å². The van der Waals surface area contributed by atoms with Crippen LogP contribution in [-0.2, 0) is 0 Å². The Labute approximate surface area is 114 Å². The molecule has 0 aliphatic rings. The van der Waals surface area contributed by atoms with Crippen LogP contribution in [0.2, 0.25) is 0 Å². The first kappa shape index (κ1) is 15.6. The lowest BCUT2D eigenvalue weighted by Crippen LogP contribution is -2.31. The molecule has 6 heteroatoms. The van der Waals surface area contributed by atoms with Gasteiger partial charge in [-0.1, -0.05) is 6.92 Å². The van der Waals surface area contributed by atoms with Crippen molar-refractivity contribution in [3.05, 3.63) is 12.0 Å². The molecule has 0 amide bonds. The van der Waals surface area contributed by atoms with E-state index in [0.29, 0.717) is 18.5 Å². The van der Waals surface area contributed by atoms with Crippen LogP contribution < -0.4 is 10.6 Å². The Morgan fingerprint density at radius 2 is 2.05 bits per heavy atom. The molecule has 0 aromatic carbocycles. The van der Waals surface area contributed by atoms with Crippen molar-refractivity contribution in [1.29, 1.82) is 0 Å². The monoisotopic (exact) mass is 269 g/mol. The van der Waals surface area contributed by atoms with Crippen LogP contribution >= 0.6 is 0 Å². The summed E-state index contributed by atoms with van der Waals surface area (Å²) in [5.41, 5.74) is 0. The van der Waals surface area contributed by atoms with E-state index in [4.69, 9.17) is 0 Å². The van der Waals surface area contributed by atoms with Gasteiger partial charge >= 0.3 is 0 Å². The second-order valence-corrected chi connectivity index (χ2v) is 4.82. The van der Waals surface area contributed by atoms with E-state index >= 15 is 0 Å². The van der Waals surface area contributed by atoms with Gasteiger partial charge in [-0.2, -0.15) is 4.98 Å². The molecule has 5 nitrogen and oxygen atoms in total. The van der Waals surface area contributed by atoms with Crippen LogP contribution in [0.5, 0.6) is 0 Å². The second-order valence-electron chi connectivity index (χ2n) is 4.82. The zero-order chi connectivity index (χ0) is 14.3. The Morgan fingerprint density at radius 1 is 1.32 bits per heavy atom. The minimum absolute atomic E-state index is 0.255. The highest BCUT2D eigenvalue weighted by Gasteiger charge is 2.07. The zero-order valence-electron chi connectivity index (χ0n) is 12.2. The highest BCUT2D eigenvalue weighted by Crippen LogP contribution is 2.11. The third kappa shape index (κ3) is 5.38. The third-order valence-corrected chi connectivity index (χ3v) is 2.92. The molecule has 0 saturated heterocycles. The lowest BCUT2D eigenvalue weighted by molar-refractivity contribution is 0.284. The summed E-state index contributed by atoms with van der Waals surface area (Å²) in [6.07, 6.45) is 2.17. The maximum atomic E-state index is 13.5. The Balaban J connectivity index is 2.52. The molecule has 108 valence electrons. The molecule has 1 rings (SSSR count). The fourth-order valence-corrected chi connectivity index (χ4v) is 1.42. The maximum Gasteiger partial charge on any atom is 0.224 e. The van der Waals surface area contributed by atoms with Gasteiger partial charge in [0.1, 0.15) is 0 Å².